The molecule has 1 unspecified atom stereocenters. The number of carbonyl (C=O) groups is 2. The van der Waals surface area contributed by atoms with Gasteiger partial charge in [0.25, 0.3) is 0 Å². The summed E-state index contributed by atoms with van der Waals surface area (Å²) in [5, 5.41) is 2.89. The van der Waals surface area contributed by atoms with Crippen LogP contribution in [0.25, 0.3) is 0 Å². The first-order valence-electron chi connectivity index (χ1n) is 18.4. The second-order valence-corrected chi connectivity index (χ2v) is 28.4. The Morgan fingerprint density at radius 1 is 0.688 bits per heavy atom. The Labute approximate surface area is 298 Å². The Kier molecular flexibility index (Phi) is 25.5. The van der Waals surface area contributed by atoms with Crippen LogP contribution in [0.4, 0.5) is 4.79 Å². The lowest BCUT2D eigenvalue weighted by Gasteiger charge is -2.37. The molecule has 0 saturated heterocycles. The lowest BCUT2D eigenvalue weighted by molar-refractivity contribution is -0.145. The molecule has 0 fully saturated rings. The number of esters is 1. The standard InChI is InChI=1S/C34H76N4O7Si3/c1-32(31-38(25-18-23-36(2)3)26-19-24-37(4)5)43-34(40)35-22-17-15-13-14-16-21-33(39)42-29-28-41-27-20-30-47(9,10)45-48(11,12)44-46(6,7)8/h32H,13-31H2,1-12H3,(H,35,40). The molecule has 0 aromatic heterocycles. The van der Waals surface area contributed by atoms with Gasteiger partial charge in [-0.25, -0.2) is 4.79 Å². The highest BCUT2D eigenvalue weighted by Gasteiger charge is 2.37. The maximum Gasteiger partial charge on any atom is 0.407 e. The second kappa shape index (κ2) is 26.0. The second-order valence-electron chi connectivity index (χ2n) is 15.7. The van der Waals surface area contributed by atoms with E-state index in [1.165, 1.54) is 0 Å². The molecule has 0 saturated carbocycles. The number of rotatable bonds is 30. The average Bonchev–Trinajstić information content (AvgIpc) is 2.91. The summed E-state index contributed by atoms with van der Waals surface area (Å²) >= 11 is 0. The van der Waals surface area contributed by atoms with Crippen molar-refractivity contribution in [1.29, 1.82) is 0 Å². The van der Waals surface area contributed by atoms with E-state index < -0.39 is 25.2 Å². The molecule has 0 radical (unpaired) electrons. The van der Waals surface area contributed by atoms with Crippen LogP contribution < -0.4 is 5.32 Å². The Bertz CT molecular complexity index is 832. The minimum Gasteiger partial charge on any atom is -0.463 e. The van der Waals surface area contributed by atoms with Gasteiger partial charge in [-0.15, -0.1) is 0 Å². The predicted octanol–water partition coefficient (Wildman–Crippen LogP) is 6.37. The van der Waals surface area contributed by atoms with Crippen molar-refractivity contribution in [2.24, 2.45) is 0 Å². The monoisotopic (exact) mass is 737 g/mol. The van der Waals surface area contributed by atoms with E-state index in [0.29, 0.717) is 32.8 Å². The predicted molar refractivity (Wildman–Crippen MR) is 206 cm³/mol. The van der Waals surface area contributed by atoms with Crippen molar-refractivity contribution in [3.63, 3.8) is 0 Å². The fraction of sp³-hybridized carbons (Fsp3) is 0.941. The third-order valence-electron chi connectivity index (χ3n) is 7.44. The summed E-state index contributed by atoms with van der Waals surface area (Å²) in [6, 6.07) is 1.02. The Morgan fingerprint density at radius 3 is 1.85 bits per heavy atom. The van der Waals surface area contributed by atoms with Gasteiger partial charge < -0.3 is 37.6 Å². The molecule has 0 aliphatic heterocycles. The zero-order chi connectivity index (χ0) is 36.6. The molecule has 0 heterocycles. The zero-order valence-corrected chi connectivity index (χ0v) is 36.2. The molecular weight excluding hydrogens is 661 g/mol. The van der Waals surface area contributed by atoms with Crippen LogP contribution in [0.1, 0.15) is 64.7 Å². The van der Waals surface area contributed by atoms with Gasteiger partial charge in [0.2, 0.25) is 0 Å². The number of unbranched alkanes of at least 4 members (excludes halogenated alkanes) is 4. The molecule has 0 aliphatic carbocycles. The number of nitrogens with zero attached hydrogens (tertiary/aromatic N) is 3. The number of hydrogen-bond acceptors (Lipinski definition) is 10. The molecule has 1 N–H and O–H groups in total. The van der Waals surface area contributed by atoms with Crippen molar-refractivity contribution in [3.05, 3.63) is 0 Å². The molecule has 286 valence electrons. The fourth-order valence-electron chi connectivity index (χ4n) is 5.72. The zero-order valence-electron chi connectivity index (χ0n) is 33.2. The van der Waals surface area contributed by atoms with Crippen LogP contribution in [0.2, 0.25) is 51.9 Å². The van der Waals surface area contributed by atoms with Gasteiger partial charge in [-0.1, -0.05) is 19.3 Å². The summed E-state index contributed by atoms with van der Waals surface area (Å²) in [5.74, 6) is -0.164. The summed E-state index contributed by atoms with van der Waals surface area (Å²) in [6.45, 7) is 24.2. The highest BCUT2D eigenvalue weighted by molar-refractivity contribution is 6.87. The molecule has 1 amide bonds. The topological polar surface area (TPSA) is 102 Å². The van der Waals surface area contributed by atoms with E-state index in [4.69, 9.17) is 22.4 Å². The number of ether oxygens (including phenoxy) is 3. The molecule has 0 aliphatic rings. The van der Waals surface area contributed by atoms with Gasteiger partial charge in [0.15, 0.2) is 16.6 Å². The van der Waals surface area contributed by atoms with Crippen molar-refractivity contribution >= 4 is 37.3 Å². The molecule has 11 nitrogen and oxygen atoms in total. The molecule has 0 rings (SSSR count). The lowest BCUT2D eigenvalue weighted by atomic mass is 10.1. The maximum atomic E-state index is 12.3. The van der Waals surface area contributed by atoms with E-state index in [9.17, 15) is 9.59 Å². The number of carbonyl (C=O) groups excluding carboxylic acids is 2. The van der Waals surface area contributed by atoms with Crippen LogP contribution in [0.3, 0.4) is 0 Å². The van der Waals surface area contributed by atoms with Gasteiger partial charge in [0, 0.05) is 26.1 Å². The normalized spacial score (nSPS) is 13.4. The van der Waals surface area contributed by atoms with Gasteiger partial charge in [-0.2, -0.15) is 0 Å². The molecule has 1 atom stereocenters. The molecule has 48 heavy (non-hydrogen) atoms. The molecule has 0 bridgehead atoms. The van der Waals surface area contributed by atoms with Gasteiger partial charge in [0.05, 0.1) is 6.61 Å². The first-order chi connectivity index (χ1) is 22.3. The number of hydrogen-bond donors (Lipinski definition) is 1. The van der Waals surface area contributed by atoms with Crippen molar-refractivity contribution in [2.75, 3.05) is 87.3 Å². The van der Waals surface area contributed by atoms with Gasteiger partial charge in [-0.05, 0) is 145 Å². The molecule has 14 heteroatoms. The maximum absolute atomic E-state index is 12.3. The van der Waals surface area contributed by atoms with Crippen molar-refractivity contribution in [1.82, 2.24) is 20.0 Å². The Hall–Kier alpha value is -0.849. The first kappa shape index (κ1) is 47.2. The fourth-order valence-corrected chi connectivity index (χ4v) is 18.9. The minimum atomic E-state index is -2.11. The van der Waals surface area contributed by atoms with Crippen LogP contribution in [0.15, 0.2) is 0 Å². The van der Waals surface area contributed by atoms with Gasteiger partial charge in [-0.3, -0.25) is 9.69 Å². The van der Waals surface area contributed by atoms with Crippen LogP contribution in [-0.4, -0.2) is 145 Å². The van der Waals surface area contributed by atoms with Crippen molar-refractivity contribution in [3.8, 4) is 0 Å². The average molecular weight is 737 g/mol. The summed E-state index contributed by atoms with van der Waals surface area (Å²) in [7, 11) is 2.83. The largest absolute Gasteiger partial charge is 0.463 e. The van der Waals surface area contributed by atoms with E-state index in [2.05, 4.69) is 94.0 Å². The van der Waals surface area contributed by atoms with E-state index in [1.54, 1.807) is 0 Å². The van der Waals surface area contributed by atoms with E-state index >= 15 is 0 Å². The van der Waals surface area contributed by atoms with Gasteiger partial charge in [0.1, 0.15) is 12.7 Å². The first-order valence-corrected chi connectivity index (χ1v) is 27.7. The lowest BCUT2D eigenvalue weighted by Crippen LogP contribution is -2.51. The van der Waals surface area contributed by atoms with E-state index in [1.807, 2.05) is 6.92 Å². The highest BCUT2D eigenvalue weighted by atomic mass is 28.5. The molecule has 0 aromatic carbocycles. The van der Waals surface area contributed by atoms with Crippen molar-refractivity contribution in [2.45, 2.75) is 123 Å². The minimum absolute atomic E-state index is 0.164. The Balaban J connectivity index is 3.89. The smallest absolute Gasteiger partial charge is 0.407 e. The van der Waals surface area contributed by atoms with Crippen LogP contribution >= 0.6 is 0 Å². The third-order valence-corrected chi connectivity index (χ3v) is 17.6. The number of alkyl carbamates (subject to hydrolysis) is 1. The van der Waals surface area contributed by atoms with Crippen LogP contribution in [-0.2, 0) is 27.2 Å². The van der Waals surface area contributed by atoms with E-state index in [0.717, 1.165) is 90.1 Å². The number of nitrogens with one attached hydrogen (secondary N) is 1. The van der Waals surface area contributed by atoms with Crippen molar-refractivity contribution < 1.29 is 32.0 Å². The summed E-state index contributed by atoms with van der Waals surface area (Å²) in [5.41, 5.74) is 0. The third kappa shape index (κ3) is 31.2. The van der Waals surface area contributed by atoms with E-state index in [-0.39, 0.29) is 18.2 Å². The molecular formula is C34H76N4O7Si3. The quantitative estimate of drug-likeness (QED) is 0.0509. The van der Waals surface area contributed by atoms with Crippen LogP contribution in [0, 0.1) is 0 Å². The highest BCUT2D eigenvalue weighted by Crippen LogP contribution is 2.23. The summed E-state index contributed by atoms with van der Waals surface area (Å²) in [4.78, 5) is 31.2. The van der Waals surface area contributed by atoms with Crippen LogP contribution in [0.5, 0.6) is 0 Å². The van der Waals surface area contributed by atoms with Gasteiger partial charge >= 0.3 is 20.6 Å². The SMILES string of the molecule is CC(CN(CCCN(C)C)CCCN(C)C)OC(=O)NCCCCCCCC(=O)OCCOCCC[Si](C)(C)O[Si](C)(C)O[Si](C)(C)C. The summed E-state index contributed by atoms with van der Waals surface area (Å²) < 4.78 is 29.5. The molecule has 0 aromatic rings. The molecule has 0 spiro atoms. The summed E-state index contributed by atoms with van der Waals surface area (Å²) in [6.07, 6.45) is 7.74. The number of amides is 1. The Morgan fingerprint density at radius 2 is 1.27 bits per heavy atom.